The number of amides is 1. The molecule has 0 aromatic heterocycles. The minimum absolute atomic E-state index is 0.263. The molecule has 1 amide bonds. The number of alkyl carbamates (subject to hydrolysis) is 1. The van der Waals surface area contributed by atoms with E-state index in [4.69, 9.17) is 11.3 Å². The molecular weight excluding hydrogens is 252 g/mol. The van der Waals surface area contributed by atoms with E-state index >= 15 is 0 Å². The highest BCUT2D eigenvalue weighted by Gasteiger charge is 2.18. The van der Waals surface area contributed by atoms with Gasteiger partial charge < -0.3 is 10.1 Å². The Morgan fingerprint density at radius 3 is 2.60 bits per heavy atom. The first-order chi connectivity index (χ1) is 9.40. The topological polar surface area (TPSA) is 42.7 Å². The summed E-state index contributed by atoms with van der Waals surface area (Å²) in [4.78, 5) is 15.0. The average molecular weight is 272 g/mol. The van der Waals surface area contributed by atoms with Crippen molar-refractivity contribution in [3.05, 3.63) is 59.6 Å². The van der Waals surface area contributed by atoms with E-state index in [1.807, 2.05) is 51.1 Å². The first-order valence-electron chi connectivity index (χ1n) is 6.47. The van der Waals surface area contributed by atoms with E-state index in [0.717, 1.165) is 5.56 Å². The summed E-state index contributed by atoms with van der Waals surface area (Å²) in [5.74, 6) is 0. The van der Waals surface area contributed by atoms with Gasteiger partial charge in [0.2, 0.25) is 0 Å². The third kappa shape index (κ3) is 6.60. The zero-order valence-corrected chi connectivity index (χ0v) is 12.1. The molecular formula is C16H20N2O2. The van der Waals surface area contributed by atoms with Gasteiger partial charge in [0.1, 0.15) is 5.60 Å². The largest absolute Gasteiger partial charge is 0.444 e. The molecule has 0 aliphatic heterocycles. The third-order valence-corrected chi connectivity index (χ3v) is 2.39. The highest BCUT2D eigenvalue weighted by atomic mass is 16.6. The number of nitrogens with one attached hydrogen (secondary N) is 1. The lowest BCUT2D eigenvalue weighted by atomic mass is 10.1. The Labute approximate surface area is 120 Å². The van der Waals surface area contributed by atoms with Gasteiger partial charge in [0.15, 0.2) is 6.20 Å². The molecule has 0 unspecified atom stereocenters. The molecule has 20 heavy (non-hydrogen) atoms. The van der Waals surface area contributed by atoms with Crippen molar-refractivity contribution in [3.8, 4) is 0 Å². The van der Waals surface area contributed by atoms with E-state index < -0.39 is 11.7 Å². The molecule has 1 rings (SSSR count). The summed E-state index contributed by atoms with van der Waals surface area (Å²) in [6.07, 6.45) is 3.16. The van der Waals surface area contributed by atoms with Crippen molar-refractivity contribution in [1.82, 2.24) is 5.32 Å². The summed E-state index contributed by atoms with van der Waals surface area (Å²) in [6, 6.07) is 9.53. The molecule has 0 spiro atoms. The molecule has 4 nitrogen and oxygen atoms in total. The maximum absolute atomic E-state index is 11.8. The fourth-order valence-corrected chi connectivity index (χ4v) is 1.64. The van der Waals surface area contributed by atoms with Crippen molar-refractivity contribution in [3.63, 3.8) is 0 Å². The first kappa shape index (κ1) is 15.8. The fourth-order valence-electron chi connectivity index (χ4n) is 1.64. The number of rotatable bonds is 4. The van der Waals surface area contributed by atoms with Crippen LogP contribution in [-0.2, 0) is 11.2 Å². The highest BCUT2D eigenvalue weighted by molar-refractivity contribution is 5.68. The highest BCUT2D eigenvalue weighted by Crippen LogP contribution is 2.09. The standard InChI is InChI=1S/C16H20N2O2/c1-16(2,3)20-15(19)18-14(10-11-17-4)12-13-8-6-5-7-9-13/h5-11,14H,12H2,1-3H3,(H,18,19)/b11-10+/t14-/m0/s1. The first-order valence-corrected chi connectivity index (χ1v) is 6.47. The van der Waals surface area contributed by atoms with E-state index in [-0.39, 0.29) is 6.04 Å². The predicted octanol–water partition coefficient (Wildman–Crippen LogP) is 3.56. The monoisotopic (exact) mass is 272 g/mol. The smallest absolute Gasteiger partial charge is 0.408 e. The van der Waals surface area contributed by atoms with Crippen LogP contribution < -0.4 is 5.32 Å². The Hall–Kier alpha value is -2.28. The zero-order chi connectivity index (χ0) is 15.0. The van der Waals surface area contributed by atoms with Gasteiger partial charge in [-0.15, -0.1) is 0 Å². The lowest BCUT2D eigenvalue weighted by Crippen LogP contribution is -2.39. The number of carbonyl (C=O) groups is 1. The van der Waals surface area contributed by atoms with Crippen LogP contribution in [0.4, 0.5) is 4.79 Å². The molecule has 1 N–H and O–H groups in total. The van der Waals surface area contributed by atoms with E-state index in [9.17, 15) is 4.79 Å². The Morgan fingerprint density at radius 2 is 2.05 bits per heavy atom. The third-order valence-electron chi connectivity index (χ3n) is 2.39. The molecule has 1 atom stereocenters. The molecule has 4 heteroatoms. The van der Waals surface area contributed by atoms with Crippen LogP contribution >= 0.6 is 0 Å². The molecule has 0 radical (unpaired) electrons. The predicted molar refractivity (Wildman–Crippen MR) is 79.0 cm³/mol. The Kier molecular flexibility index (Phi) is 5.79. The maximum atomic E-state index is 11.8. The lowest BCUT2D eigenvalue weighted by molar-refractivity contribution is 0.0514. The van der Waals surface area contributed by atoms with Gasteiger partial charge in [-0.3, -0.25) is 0 Å². The maximum Gasteiger partial charge on any atom is 0.408 e. The Morgan fingerprint density at radius 1 is 1.40 bits per heavy atom. The van der Waals surface area contributed by atoms with Gasteiger partial charge in [-0.1, -0.05) is 36.4 Å². The minimum atomic E-state index is -0.537. The van der Waals surface area contributed by atoms with E-state index in [2.05, 4.69) is 10.2 Å². The molecule has 0 saturated carbocycles. The summed E-state index contributed by atoms with van der Waals surface area (Å²) >= 11 is 0. The molecule has 0 aliphatic rings. The molecule has 0 heterocycles. The summed E-state index contributed by atoms with van der Waals surface area (Å²) < 4.78 is 5.22. The van der Waals surface area contributed by atoms with Crippen LogP contribution in [0, 0.1) is 6.57 Å². The zero-order valence-electron chi connectivity index (χ0n) is 12.1. The second-order valence-corrected chi connectivity index (χ2v) is 5.41. The van der Waals surface area contributed by atoms with Gasteiger partial charge in [-0.05, 0) is 32.8 Å². The number of carbonyl (C=O) groups excluding carboxylic acids is 1. The van der Waals surface area contributed by atoms with Gasteiger partial charge >= 0.3 is 6.09 Å². The molecule has 0 aliphatic carbocycles. The summed E-state index contributed by atoms with van der Waals surface area (Å²) in [5.41, 5.74) is 0.549. The average Bonchev–Trinajstić information content (AvgIpc) is 2.35. The molecule has 1 aromatic rings. The SMILES string of the molecule is [C-]#[N+]/C=C/[C@@H](Cc1ccccc1)NC(=O)OC(C)(C)C. The molecule has 106 valence electrons. The quantitative estimate of drug-likeness (QED) is 0.852. The van der Waals surface area contributed by atoms with Crippen LogP contribution in [0.2, 0.25) is 0 Å². The lowest BCUT2D eigenvalue weighted by Gasteiger charge is -2.22. The van der Waals surface area contributed by atoms with Gasteiger partial charge in [0, 0.05) is 6.04 Å². The Balaban J connectivity index is 2.68. The molecule has 1 aromatic carbocycles. The normalized spacial score (nSPS) is 12.7. The van der Waals surface area contributed by atoms with Crippen LogP contribution in [0.25, 0.3) is 4.85 Å². The van der Waals surface area contributed by atoms with Crippen LogP contribution in [-0.4, -0.2) is 17.7 Å². The van der Waals surface area contributed by atoms with Crippen molar-refractivity contribution in [1.29, 1.82) is 0 Å². The van der Waals surface area contributed by atoms with E-state index in [1.165, 1.54) is 6.20 Å². The van der Waals surface area contributed by atoms with Crippen LogP contribution in [0.1, 0.15) is 26.3 Å². The van der Waals surface area contributed by atoms with Gasteiger partial charge in [0.05, 0.1) is 6.57 Å². The summed E-state index contributed by atoms with van der Waals surface area (Å²) in [5, 5.41) is 2.77. The van der Waals surface area contributed by atoms with Crippen molar-refractivity contribution in [2.24, 2.45) is 0 Å². The number of hydrogen-bond acceptors (Lipinski definition) is 2. The molecule has 0 bridgehead atoms. The van der Waals surface area contributed by atoms with Crippen molar-refractivity contribution in [2.45, 2.75) is 38.8 Å². The minimum Gasteiger partial charge on any atom is -0.444 e. The van der Waals surface area contributed by atoms with Crippen molar-refractivity contribution in [2.75, 3.05) is 0 Å². The van der Waals surface area contributed by atoms with E-state index in [1.54, 1.807) is 6.08 Å². The second kappa shape index (κ2) is 7.34. The molecule has 0 saturated heterocycles. The van der Waals surface area contributed by atoms with Crippen molar-refractivity contribution < 1.29 is 9.53 Å². The second-order valence-electron chi connectivity index (χ2n) is 5.41. The van der Waals surface area contributed by atoms with Gasteiger partial charge in [-0.2, -0.15) is 0 Å². The number of benzene rings is 1. The van der Waals surface area contributed by atoms with Gasteiger partial charge in [0.25, 0.3) is 0 Å². The Bertz CT molecular complexity index is 495. The number of ether oxygens (including phenoxy) is 1. The van der Waals surface area contributed by atoms with Crippen LogP contribution in [0.15, 0.2) is 42.6 Å². The number of hydrogen-bond donors (Lipinski definition) is 1. The number of nitrogens with zero attached hydrogens (tertiary/aromatic N) is 1. The van der Waals surface area contributed by atoms with E-state index in [0.29, 0.717) is 6.42 Å². The fraction of sp³-hybridized carbons (Fsp3) is 0.375. The summed E-state index contributed by atoms with van der Waals surface area (Å²) in [6.45, 7) is 12.2. The van der Waals surface area contributed by atoms with Crippen LogP contribution in [0.3, 0.4) is 0 Å². The molecule has 0 fully saturated rings. The van der Waals surface area contributed by atoms with Crippen LogP contribution in [0.5, 0.6) is 0 Å². The van der Waals surface area contributed by atoms with Gasteiger partial charge in [-0.25, -0.2) is 9.64 Å². The van der Waals surface area contributed by atoms with Crippen molar-refractivity contribution >= 4 is 6.09 Å². The summed E-state index contributed by atoms with van der Waals surface area (Å²) in [7, 11) is 0.